The maximum atomic E-state index is 9.21. The van der Waals surface area contributed by atoms with E-state index in [1.54, 1.807) is 0 Å². The number of hydrogen-bond acceptors (Lipinski definition) is 4. The predicted octanol–water partition coefficient (Wildman–Crippen LogP) is 2.41. The van der Waals surface area contributed by atoms with Crippen molar-refractivity contribution in [3.63, 3.8) is 0 Å². The van der Waals surface area contributed by atoms with E-state index in [4.69, 9.17) is 14.2 Å². The molecule has 20 heavy (non-hydrogen) atoms. The van der Waals surface area contributed by atoms with E-state index in [0.29, 0.717) is 12.5 Å². The van der Waals surface area contributed by atoms with Gasteiger partial charge in [-0.25, -0.2) is 0 Å². The fraction of sp³-hybridized carbons (Fsp3) is 0.875. The zero-order chi connectivity index (χ0) is 14.0. The lowest BCUT2D eigenvalue weighted by atomic mass is 9.92. The topological polar surface area (TPSA) is 47.9 Å². The fourth-order valence-electron chi connectivity index (χ4n) is 3.80. The van der Waals surface area contributed by atoms with Gasteiger partial charge in [0.1, 0.15) is 0 Å². The highest BCUT2D eigenvalue weighted by atomic mass is 16.7. The van der Waals surface area contributed by atoms with Gasteiger partial charge >= 0.3 is 0 Å². The fourth-order valence-corrected chi connectivity index (χ4v) is 3.80. The van der Waals surface area contributed by atoms with Gasteiger partial charge in [-0.3, -0.25) is 0 Å². The third-order valence-electron chi connectivity index (χ3n) is 4.93. The Morgan fingerprint density at radius 2 is 2.35 bits per heavy atom. The molecule has 4 atom stereocenters. The molecular weight excluding hydrogens is 256 g/mol. The molecule has 3 aliphatic rings. The first-order valence-corrected chi connectivity index (χ1v) is 7.89. The Hall–Kier alpha value is -0.420. The van der Waals surface area contributed by atoms with Gasteiger partial charge in [0.05, 0.1) is 24.9 Å². The SMILES string of the molecule is C[C@]12C/C(=C/COC3CCCCO3)C[C@H]1C[C@@H](CO)O2. The van der Waals surface area contributed by atoms with Crippen LogP contribution in [0.4, 0.5) is 0 Å². The average molecular weight is 282 g/mol. The van der Waals surface area contributed by atoms with Crippen LogP contribution in [0.5, 0.6) is 0 Å². The lowest BCUT2D eigenvalue weighted by Gasteiger charge is -2.23. The Balaban J connectivity index is 1.47. The largest absolute Gasteiger partial charge is 0.394 e. The number of ether oxygens (including phenoxy) is 3. The van der Waals surface area contributed by atoms with Gasteiger partial charge in [0, 0.05) is 6.61 Å². The lowest BCUT2D eigenvalue weighted by Crippen LogP contribution is -2.27. The van der Waals surface area contributed by atoms with Crippen molar-refractivity contribution in [3.05, 3.63) is 11.6 Å². The van der Waals surface area contributed by atoms with Gasteiger partial charge in [-0.05, 0) is 51.4 Å². The van der Waals surface area contributed by atoms with E-state index in [2.05, 4.69) is 13.0 Å². The number of rotatable bonds is 4. The van der Waals surface area contributed by atoms with Crippen LogP contribution in [-0.4, -0.2) is 42.9 Å². The molecule has 2 heterocycles. The van der Waals surface area contributed by atoms with Gasteiger partial charge in [0.15, 0.2) is 6.29 Å². The van der Waals surface area contributed by atoms with Gasteiger partial charge in [0.2, 0.25) is 0 Å². The van der Waals surface area contributed by atoms with E-state index in [0.717, 1.165) is 38.7 Å². The summed E-state index contributed by atoms with van der Waals surface area (Å²) in [4.78, 5) is 0. The maximum Gasteiger partial charge on any atom is 0.157 e. The monoisotopic (exact) mass is 282 g/mol. The van der Waals surface area contributed by atoms with E-state index in [9.17, 15) is 5.11 Å². The second-order valence-electron chi connectivity index (χ2n) is 6.54. The molecule has 3 rings (SSSR count). The van der Waals surface area contributed by atoms with Crippen molar-refractivity contribution >= 4 is 0 Å². The summed E-state index contributed by atoms with van der Waals surface area (Å²) in [5, 5.41) is 9.21. The summed E-state index contributed by atoms with van der Waals surface area (Å²) >= 11 is 0. The van der Waals surface area contributed by atoms with Gasteiger partial charge in [-0.2, -0.15) is 0 Å². The number of hydrogen-bond donors (Lipinski definition) is 1. The molecule has 2 aliphatic heterocycles. The molecule has 0 bridgehead atoms. The third kappa shape index (κ3) is 3.08. The van der Waals surface area contributed by atoms with Crippen molar-refractivity contribution in [1.82, 2.24) is 0 Å². The van der Waals surface area contributed by atoms with Crippen molar-refractivity contribution < 1.29 is 19.3 Å². The van der Waals surface area contributed by atoms with Crippen LogP contribution < -0.4 is 0 Å². The average Bonchev–Trinajstić information content (AvgIpc) is 2.91. The Morgan fingerprint density at radius 3 is 3.05 bits per heavy atom. The minimum atomic E-state index is -0.0689. The summed E-state index contributed by atoms with van der Waals surface area (Å²) in [6.45, 7) is 3.80. The summed E-state index contributed by atoms with van der Waals surface area (Å²) < 4.78 is 17.3. The summed E-state index contributed by atoms with van der Waals surface area (Å²) in [6.07, 6.45) is 8.67. The van der Waals surface area contributed by atoms with Crippen LogP contribution in [0.1, 0.15) is 45.4 Å². The van der Waals surface area contributed by atoms with Crippen LogP contribution >= 0.6 is 0 Å². The Morgan fingerprint density at radius 1 is 1.45 bits per heavy atom. The molecule has 0 aromatic heterocycles. The Kier molecular flexibility index (Phi) is 4.46. The van der Waals surface area contributed by atoms with Crippen molar-refractivity contribution in [2.75, 3.05) is 19.8 Å². The molecule has 2 saturated heterocycles. The van der Waals surface area contributed by atoms with E-state index in [1.165, 1.54) is 12.0 Å². The van der Waals surface area contributed by atoms with Crippen molar-refractivity contribution in [3.8, 4) is 0 Å². The van der Waals surface area contributed by atoms with Crippen LogP contribution in [0, 0.1) is 5.92 Å². The first-order chi connectivity index (χ1) is 9.69. The van der Waals surface area contributed by atoms with Gasteiger partial charge in [0.25, 0.3) is 0 Å². The van der Waals surface area contributed by atoms with Gasteiger partial charge in [-0.1, -0.05) is 11.6 Å². The van der Waals surface area contributed by atoms with Crippen molar-refractivity contribution in [2.24, 2.45) is 5.92 Å². The maximum absolute atomic E-state index is 9.21. The molecule has 1 saturated carbocycles. The van der Waals surface area contributed by atoms with E-state index in [1.807, 2.05) is 0 Å². The molecule has 114 valence electrons. The normalized spacial score (nSPS) is 43.1. The molecule has 1 N–H and O–H groups in total. The van der Waals surface area contributed by atoms with E-state index >= 15 is 0 Å². The molecule has 1 unspecified atom stereocenters. The molecule has 4 nitrogen and oxygen atoms in total. The van der Waals surface area contributed by atoms with Gasteiger partial charge in [-0.15, -0.1) is 0 Å². The number of aliphatic hydroxyl groups excluding tert-OH is 1. The summed E-state index contributed by atoms with van der Waals surface area (Å²) in [5.74, 6) is 0.553. The molecule has 4 heteroatoms. The first-order valence-electron chi connectivity index (χ1n) is 7.89. The minimum absolute atomic E-state index is 0.00731. The van der Waals surface area contributed by atoms with E-state index < -0.39 is 0 Å². The van der Waals surface area contributed by atoms with Crippen LogP contribution in [0.25, 0.3) is 0 Å². The molecule has 0 radical (unpaired) electrons. The zero-order valence-corrected chi connectivity index (χ0v) is 12.3. The smallest absolute Gasteiger partial charge is 0.157 e. The van der Waals surface area contributed by atoms with Crippen LogP contribution in [0.15, 0.2) is 11.6 Å². The molecule has 0 aromatic rings. The lowest BCUT2D eigenvalue weighted by molar-refractivity contribution is -0.155. The Labute approximate surface area is 121 Å². The zero-order valence-electron chi connectivity index (χ0n) is 12.3. The Bertz CT molecular complexity index is 361. The molecular formula is C16H26O4. The van der Waals surface area contributed by atoms with Crippen LogP contribution in [0.3, 0.4) is 0 Å². The molecule has 3 fully saturated rings. The molecule has 0 spiro atoms. The second-order valence-corrected chi connectivity index (χ2v) is 6.54. The van der Waals surface area contributed by atoms with Crippen molar-refractivity contribution in [1.29, 1.82) is 0 Å². The summed E-state index contributed by atoms with van der Waals surface area (Å²) in [5.41, 5.74) is 1.37. The number of fused-ring (bicyclic) bond motifs is 1. The van der Waals surface area contributed by atoms with Crippen LogP contribution in [-0.2, 0) is 14.2 Å². The summed E-state index contributed by atoms with van der Waals surface area (Å²) in [7, 11) is 0. The molecule has 0 amide bonds. The standard InChI is InChI=1S/C16H26O4/c1-16-10-12(8-13(16)9-14(11-17)20-16)5-7-19-15-4-2-3-6-18-15/h5,13-15,17H,2-4,6-11H2,1H3/b12-5+/t13-,14-,15?,16-/m0/s1. The van der Waals surface area contributed by atoms with E-state index in [-0.39, 0.29) is 24.6 Å². The first kappa shape index (κ1) is 14.5. The molecule has 1 aliphatic carbocycles. The highest BCUT2D eigenvalue weighted by molar-refractivity contribution is 5.18. The quantitative estimate of drug-likeness (QED) is 0.804. The van der Waals surface area contributed by atoms with Crippen molar-refractivity contribution in [2.45, 2.75) is 63.4 Å². The number of aliphatic hydroxyl groups is 1. The second kappa shape index (κ2) is 6.14. The van der Waals surface area contributed by atoms with Crippen LogP contribution in [0.2, 0.25) is 0 Å². The van der Waals surface area contributed by atoms with Gasteiger partial charge < -0.3 is 19.3 Å². The minimum Gasteiger partial charge on any atom is -0.394 e. The third-order valence-corrected chi connectivity index (χ3v) is 4.93. The predicted molar refractivity (Wildman–Crippen MR) is 75.3 cm³/mol. The summed E-state index contributed by atoms with van der Waals surface area (Å²) in [6, 6.07) is 0. The molecule has 0 aromatic carbocycles. The highest BCUT2D eigenvalue weighted by Gasteiger charge is 2.49. The highest BCUT2D eigenvalue weighted by Crippen LogP contribution is 2.49.